The minimum Gasteiger partial charge on any atom is -0.385 e. The lowest BCUT2D eigenvalue weighted by Crippen LogP contribution is -2.12. The third-order valence-electron chi connectivity index (χ3n) is 1.74. The number of hydrogen-bond acceptors (Lipinski definition) is 3. The average Bonchev–Trinajstić information content (AvgIpc) is 2.37. The Kier molecular flexibility index (Phi) is 1.75. The maximum atomic E-state index is 9.72. The van der Waals surface area contributed by atoms with Crippen LogP contribution < -0.4 is 0 Å². The van der Waals surface area contributed by atoms with Gasteiger partial charge < -0.3 is 5.11 Å². The number of aliphatic hydroxyl groups is 1. The van der Waals surface area contributed by atoms with Crippen molar-refractivity contribution in [2.24, 2.45) is 0 Å². The summed E-state index contributed by atoms with van der Waals surface area (Å²) in [6.07, 6.45) is 0. The summed E-state index contributed by atoms with van der Waals surface area (Å²) < 4.78 is 2.55. The van der Waals surface area contributed by atoms with Gasteiger partial charge in [0.1, 0.15) is 0 Å². The maximum Gasteiger partial charge on any atom is 0.0932 e. The van der Waals surface area contributed by atoms with Crippen LogP contribution in [0.4, 0.5) is 0 Å². The molecule has 2 aromatic rings. The first-order valence-corrected chi connectivity index (χ1v) is 5.47. The van der Waals surface area contributed by atoms with Crippen LogP contribution in [0.15, 0.2) is 17.5 Å². The van der Waals surface area contributed by atoms with Gasteiger partial charge in [0.05, 0.1) is 5.60 Å². The molecule has 0 radical (unpaired) electrons. The zero-order chi connectivity index (χ0) is 8.77. The van der Waals surface area contributed by atoms with Crippen LogP contribution in [0.3, 0.4) is 0 Å². The van der Waals surface area contributed by atoms with E-state index in [0.717, 1.165) is 4.88 Å². The first kappa shape index (κ1) is 8.23. The van der Waals surface area contributed by atoms with Gasteiger partial charge in [-0.15, -0.1) is 22.7 Å². The summed E-state index contributed by atoms with van der Waals surface area (Å²) in [6, 6.07) is 4.17. The van der Waals surface area contributed by atoms with Crippen molar-refractivity contribution in [1.82, 2.24) is 0 Å². The van der Waals surface area contributed by atoms with Crippen molar-refractivity contribution >= 4 is 32.1 Å². The van der Waals surface area contributed by atoms with Crippen molar-refractivity contribution in [3.05, 3.63) is 22.4 Å². The van der Waals surface area contributed by atoms with Crippen LogP contribution in [0, 0.1) is 0 Å². The van der Waals surface area contributed by atoms with Gasteiger partial charge in [0, 0.05) is 14.3 Å². The van der Waals surface area contributed by atoms with E-state index in [1.54, 1.807) is 22.7 Å². The van der Waals surface area contributed by atoms with Gasteiger partial charge in [0.15, 0.2) is 0 Å². The number of rotatable bonds is 1. The van der Waals surface area contributed by atoms with Crippen molar-refractivity contribution in [2.45, 2.75) is 19.4 Å². The molecule has 1 N–H and O–H groups in total. The Bertz CT molecular complexity index is 363. The Morgan fingerprint density at radius 1 is 1.33 bits per heavy atom. The summed E-state index contributed by atoms with van der Waals surface area (Å²) >= 11 is 3.39. The highest BCUT2D eigenvalue weighted by Gasteiger charge is 2.18. The first-order valence-electron chi connectivity index (χ1n) is 3.77. The molecule has 0 spiro atoms. The summed E-state index contributed by atoms with van der Waals surface area (Å²) in [5.41, 5.74) is -0.691. The molecule has 0 fully saturated rings. The molecule has 0 aromatic carbocycles. The van der Waals surface area contributed by atoms with E-state index in [1.807, 2.05) is 13.8 Å². The number of fused-ring (bicyclic) bond motifs is 1. The number of thiophene rings is 2. The van der Waals surface area contributed by atoms with Gasteiger partial charge >= 0.3 is 0 Å². The molecule has 0 saturated carbocycles. The highest BCUT2D eigenvalue weighted by molar-refractivity contribution is 7.27. The molecule has 0 atom stereocenters. The molecule has 0 amide bonds. The molecule has 0 aliphatic carbocycles. The minimum absolute atomic E-state index is 0.691. The molecule has 2 aromatic heterocycles. The van der Waals surface area contributed by atoms with Crippen LogP contribution in [-0.2, 0) is 5.60 Å². The van der Waals surface area contributed by atoms with E-state index in [1.165, 1.54) is 9.40 Å². The molecule has 0 saturated heterocycles. The lowest BCUT2D eigenvalue weighted by Gasteiger charge is -2.13. The average molecular weight is 198 g/mol. The molecular weight excluding hydrogens is 188 g/mol. The fourth-order valence-electron chi connectivity index (χ4n) is 1.07. The van der Waals surface area contributed by atoms with Crippen LogP contribution in [0.25, 0.3) is 9.40 Å². The van der Waals surface area contributed by atoms with Crippen molar-refractivity contribution in [3.63, 3.8) is 0 Å². The van der Waals surface area contributed by atoms with Crippen LogP contribution in [0.2, 0.25) is 0 Å². The Balaban J connectivity index is 2.59. The van der Waals surface area contributed by atoms with Crippen molar-refractivity contribution in [3.8, 4) is 0 Å². The molecule has 2 heterocycles. The fourth-order valence-corrected chi connectivity index (χ4v) is 3.18. The second kappa shape index (κ2) is 2.55. The molecule has 0 aliphatic rings. The fraction of sp³-hybridized carbons (Fsp3) is 0.333. The Morgan fingerprint density at radius 2 is 2.08 bits per heavy atom. The SMILES string of the molecule is CC(C)(O)c1cc2sccc2s1. The van der Waals surface area contributed by atoms with Crippen molar-refractivity contribution < 1.29 is 5.11 Å². The van der Waals surface area contributed by atoms with Gasteiger partial charge in [-0.05, 0) is 31.4 Å². The van der Waals surface area contributed by atoms with Crippen LogP contribution in [-0.4, -0.2) is 5.11 Å². The molecule has 64 valence electrons. The summed E-state index contributed by atoms with van der Waals surface area (Å²) in [5.74, 6) is 0. The summed E-state index contributed by atoms with van der Waals surface area (Å²) in [4.78, 5) is 1.05. The highest BCUT2D eigenvalue weighted by Crippen LogP contribution is 2.35. The molecule has 0 unspecified atom stereocenters. The maximum absolute atomic E-state index is 9.72. The largest absolute Gasteiger partial charge is 0.385 e. The Hall–Kier alpha value is -0.380. The van der Waals surface area contributed by atoms with Gasteiger partial charge in [-0.25, -0.2) is 0 Å². The van der Waals surface area contributed by atoms with Crippen LogP contribution >= 0.6 is 22.7 Å². The summed E-state index contributed by atoms with van der Waals surface area (Å²) in [7, 11) is 0. The smallest absolute Gasteiger partial charge is 0.0932 e. The standard InChI is InChI=1S/C9H10OS2/c1-9(2,10)8-5-7-6(12-8)3-4-11-7/h3-5,10H,1-2H3. The minimum atomic E-state index is -0.691. The van der Waals surface area contributed by atoms with E-state index in [4.69, 9.17) is 0 Å². The van der Waals surface area contributed by atoms with E-state index < -0.39 is 5.60 Å². The first-order chi connectivity index (χ1) is 5.57. The van der Waals surface area contributed by atoms with Crippen molar-refractivity contribution in [1.29, 1.82) is 0 Å². The third kappa shape index (κ3) is 1.28. The summed E-state index contributed by atoms with van der Waals surface area (Å²) in [5, 5.41) is 11.8. The monoisotopic (exact) mass is 198 g/mol. The van der Waals surface area contributed by atoms with Gasteiger partial charge in [-0.1, -0.05) is 0 Å². The molecule has 0 bridgehead atoms. The van der Waals surface area contributed by atoms with E-state index in [0.29, 0.717) is 0 Å². The van der Waals surface area contributed by atoms with E-state index >= 15 is 0 Å². The predicted molar refractivity (Wildman–Crippen MR) is 54.9 cm³/mol. The quantitative estimate of drug-likeness (QED) is 0.746. The second-order valence-electron chi connectivity index (χ2n) is 3.32. The predicted octanol–water partition coefficient (Wildman–Crippen LogP) is 3.19. The van der Waals surface area contributed by atoms with Gasteiger partial charge in [0.25, 0.3) is 0 Å². The molecule has 12 heavy (non-hydrogen) atoms. The van der Waals surface area contributed by atoms with Crippen molar-refractivity contribution in [2.75, 3.05) is 0 Å². The lowest BCUT2D eigenvalue weighted by atomic mass is 10.1. The number of hydrogen-bond donors (Lipinski definition) is 1. The zero-order valence-corrected chi connectivity index (χ0v) is 8.63. The van der Waals surface area contributed by atoms with E-state index in [2.05, 4.69) is 17.5 Å². The normalized spacial score (nSPS) is 12.6. The van der Waals surface area contributed by atoms with E-state index in [-0.39, 0.29) is 0 Å². The molecule has 3 heteroatoms. The molecular formula is C9H10OS2. The summed E-state index contributed by atoms with van der Waals surface area (Å²) in [6.45, 7) is 3.64. The second-order valence-corrected chi connectivity index (χ2v) is 5.35. The lowest BCUT2D eigenvalue weighted by molar-refractivity contribution is 0.0826. The van der Waals surface area contributed by atoms with Crippen LogP contribution in [0.1, 0.15) is 18.7 Å². The molecule has 0 aliphatic heterocycles. The van der Waals surface area contributed by atoms with Crippen LogP contribution in [0.5, 0.6) is 0 Å². The topological polar surface area (TPSA) is 20.2 Å². The van der Waals surface area contributed by atoms with Gasteiger partial charge in [0.2, 0.25) is 0 Å². The Labute approximate surface area is 79.3 Å². The van der Waals surface area contributed by atoms with E-state index in [9.17, 15) is 5.11 Å². The molecule has 1 nitrogen and oxygen atoms in total. The van der Waals surface area contributed by atoms with Gasteiger partial charge in [-0.3, -0.25) is 0 Å². The third-order valence-corrected chi connectivity index (χ3v) is 4.15. The Morgan fingerprint density at radius 3 is 2.67 bits per heavy atom. The van der Waals surface area contributed by atoms with Gasteiger partial charge in [-0.2, -0.15) is 0 Å². The molecule has 2 rings (SSSR count). The highest BCUT2D eigenvalue weighted by atomic mass is 32.1. The zero-order valence-electron chi connectivity index (χ0n) is 7.00.